The quantitative estimate of drug-likeness (QED) is 0.496. The lowest BCUT2D eigenvalue weighted by Crippen LogP contribution is -2.43. The van der Waals surface area contributed by atoms with Gasteiger partial charge in [-0.25, -0.2) is 0 Å². The van der Waals surface area contributed by atoms with Crippen LogP contribution >= 0.6 is 34.8 Å². The topological polar surface area (TPSA) is 27.7 Å². The van der Waals surface area contributed by atoms with Gasteiger partial charge in [0.2, 0.25) is 15.4 Å². The third-order valence-corrected chi connectivity index (χ3v) is 4.14. The van der Waals surface area contributed by atoms with Gasteiger partial charge in [-0.1, -0.05) is 47.6 Å². The van der Waals surface area contributed by atoms with Crippen molar-refractivity contribution in [1.82, 2.24) is 0 Å². The molecule has 0 radical (unpaired) electrons. The van der Waals surface area contributed by atoms with Crippen molar-refractivity contribution >= 4 is 34.8 Å². The van der Waals surface area contributed by atoms with E-state index in [2.05, 4.69) is 0 Å². The molecule has 6 heteroatoms. The number of hydrogen-bond acceptors (Lipinski definition) is 3. The maximum atomic E-state index is 5.82. The van der Waals surface area contributed by atoms with Crippen LogP contribution in [0.2, 0.25) is 0 Å². The summed E-state index contributed by atoms with van der Waals surface area (Å²) in [4.78, 5) is 10.5. The number of ether oxygens (including phenoxy) is 1. The molecule has 1 saturated heterocycles. The first-order valence-electron chi connectivity index (χ1n) is 5.51. The third-order valence-electron chi connectivity index (χ3n) is 3.11. The van der Waals surface area contributed by atoms with E-state index in [0.29, 0.717) is 0 Å². The van der Waals surface area contributed by atoms with Crippen LogP contribution in [0, 0.1) is 0 Å². The van der Waals surface area contributed by atoms with E-state index in [0.717, 1.165) is 25.7 Å². The molecule has 1 atom stereocenters. The van der Waals surface area contributed by atoms with Gasteiger partial charge < -0.3 is 4.74 Å². The summed E-state index contributed by atoms with van der Waals surface area (Å²) in [7, 11) is 0. The molecule has 0 aromatic carbocycles. The Bertz CT molecular complexity index is 259. The predicted molar refractivity (Wildman–Crippen MR) is 62.4 cm³/mol. The Morgan fingerprint density at radius 1 is 0.938 bits per heavy atom. The number of alkyl halides is 3. The summed E-state index contributed by atoms with van der Waals surface area (Å²) in [5, 5.41) is 0. The van der Waals surface area contributed by atoms with Crippen LogP contribution in [0.5, 0.6) is 0 Å². The average molecular weight is 290 g/mol. The monoisotopic (exact) mass is 288 g/mol. The highest BCUT2D eigenvalue weighted by molar-refractivity contribution is 6.68. The van der Waals surface area contributed by atoms with Crippen LogP contribution in [0.4, 0.5) is 0 Å². The first kappa shape index (κ1) is 13.2. The second kappa shape index (κ2) is 4.45. The van der Waals surface area contributed by atoms with Crippen LogP contribution in [0.15, 0.2) is 0 Å². The largest absolute Gasteiger partial charge is 0.309 e. The normalized spacial score (nSPS) is 35.2. The lowest BCUT2D eigenvalue weighted by molar-refractivity contribution is -0.348. The van der Waals surface area contributed by atoms with Gasteiger partial charge in [-0.3, -0.25) is 0 Å². The van der Waals surface area contributed by atoms with Gasteiger partial charge in [0.15, 0.2) is 0 Å². The van der Waals surface area contributed by atoms with Crippen molar-refractivity contribution in [2.24, 2.45) is 0 Å². The molecule has 1 aliphatic carbocycles. The molecule has 0 amide bonds. The van der Waals surface area contributed by atoms with Crippen molar-refractivity contribution < 1.29 is 14.5 Å². The maximum absolute atomic E-state index is 5.82. The molecule has 1 heterocycles. The van der Waals surface area contributed by atoms with E-state index >= 15 is 0 Å². The van der Waals surface area contributed by atoms with Gasteiger partial charge in [0, 0.05) is 12.8 Å². The Balaban J connectivity index is 2.11. The Hall–Kier alpha value is 0.750. The second-order valence-electron chi connectivity index (χ2n) is 4.54. The number of rotatable bonds is 0. The molecular formula is C10H15Cl3O3. The minimum atomic E-state index is -1.66. The van der Waals surface area contributed by atoms with Crippen molar-refractivity contribution in [2.45, 2.75) is 60.8 Å². The molecule has 0 aromatic heterocycles. The van der Waals surface area contributed by atoms with Crippen molar-refractivity contribution in [3.8, 4) is 0 Å². The molecule has 3 nitrogen and oxygen atoms in total. The van der Waals surface area contributed by atoms with E-state index in [1.165, 1.54) is 12.8 Å². The van der Waals surface area contributed by atoms with E-state index < -0.39 is 15.4 Å². The van der Waals surface area contributed by atoms with E-state index in [1.807, 2.05) is 0 Å². The second-order valence-corrected chi connectivity index (χ2v) is 6.82. The summed E-state index contributed by atoms with van der Waals surface area (Å²) in [6, 6.07) is 0. The SMILES string of the molecule is CC1(C(Cl)(Cl)Cl)OOC2(CCCCCC2)O1. The minimum absolute atomic E-state index is 0.727. The third kappa shape index (κ3) is 2.45. The summed E-state index contributed by atoms with van der Waals surface area (Å²) >= 11 is 17.5. The number of halogens is 3. The lowest BCUT2D eigenvalue weighted by atomic mass is 10.1. The van der Waals surface area contributed by atoms with Gasteiger partial charge in [-0.05, 0) is 19.8 Å². The Morgan fingerprint density at radius 3 is 1.94 bits per heavy atom. The van der Waals surface area contributed by atoms with E-state index in [9.17, 15) is 0 Å². The fraction of sp³-hybridized carbons (Fsp3) is 1.00. The molecular weight excluding hydrogens is 274 g/mol. The van der Waals surface area contributed by atoms with Gasteiger partial charge in [0.1, 0.15) is 0 Å². The highest BCUT2D eigenvalue weighted by Gasteiger charge is 2.59. The molecule has 1 unspecified atom stereocenters. The molecule has 1 saturated carbocycles. The molecule has 1 aliphatic heterocycles. The summed E-state index contributed by atoms with van der Waals surface area (Å²) in [6.07, 6.45) is 6.00. The Morgan fingerprint density at radius 2 is 1.50 bits per heavy atom. The molecule has 0 bridgehead atoms. The van der Waals surface area contributed by atoms with Crippen molar-refractivity contribution in [3.63, 3.8) is 0 Å². The van der Waals surface area contributed by atoms with Crippen LogP contribution in [0.1, 0.15) is 45.4 Å². The molecule has 1 spiro atoms. The van der Waals surface area contributed by atoms with E-state index in [4.69, 9.17) is 49.3 Å². The van der Waals surface area contributed by atoms with Crippen LogP contribution in [0.25, 0.3) is 0 Å². The summed E-state index contributed by atoms with van der Waals surface area (Å²) in [6.45, 7) is 1.58. The zero-order valence-corrected chi connectivity index (χ0v) is 11.4. The van der Waals surface area contributed by atoms with Gasteiger partial charge in [-0.15, -0.1) is 0 Å². The summed E-state index contributed by atoms with van der Waals surface area (Å²) in [5.41, 5.74) is 0. The molecule has 2 rings (SSSR count). The van der Waals surface area contributed by atoms with Gasteiger partial charge >= 0.3 is 0 Å². The fourth-order valence-electron chi connectivity index (χ4n) is 2.10. The maximum Gasteiger partial charge on any atom is 0.248 e. The Labute approximate surface area is 110 Å². The van der Waals surface area contributed by atoms with E-state index in [-0.39, 0.29) is 0 Å². The van der Waals surface area contributed by atoms with Crippen LogP contribution in [0.3, 0.4) is 0 Å². The van der Waals surface area contributed by atoms with Crippen LogP contribution in [-0.2, 0) is 14.5 Å². The summed E-state index contributed by atoms with van der Waals surface area (Å²) < 4.78 is 4.12. The van der Waals surface area contributed by atoms with Gasteiger partial charge in [0.05, 0.1) is 0 Å². The van der Waals surface area contributed by atoms with Crippen molar-refractivity contribution in [3.05, 3.63) is 0 Å². The first-order valence-corrected chi connectivity index (χ1v) is 6.64. The smallest absolute Gasteiger partial charge is 0.248 e. The zero-order valence-electron chi connectivity index (χ0n) is 9.10. The van der Waals surface area contributed by atoms with Crippen LogP contribution in [-0.4, -0.2) is 15.4 Å². The predicted octanol–water partition coefficient (Wildman–Crippen LogP) is 4.10. The highest BCUT2D eigenvalue weighted by atomic mass is 35.6. The van der Waals surface area contributed by atoms with Gasteiger partial charge in [-0.2, -0.15) is 9.78 Å². The Kier molecular flexibility index (Phi) is 3.67. The standard InChI is InChI=1S/C10H15Cl3O3/c1-8(10(11,12)13)14-9(16-15-8)6-4-2-3-5-7-9/h2-7H2,1H3. The van der Waals surface area contributed by atoms with Crippen molar-refractivity contribution in [2.75, 3.05) is 0 Å². The molecule has 16 heavy (non-hydrogen) atoms. The highest BCUT2D eigenvalue weighted by Crippen LogP contribution is 2.51. The fourth-order valence-corrected chi connectivity index (χ4v) is 2.31. The number of hydrogen-bond donors (Lipinski definition) is 0. The molecule has 2 aliphatic rings. The van der Waals surface area contributed by atoms with Crippen molar-refractivity contribution in [1.29, 1.82) is 0 Å². The molecule has 2 fully saturated rings. The van der Waals surface area contributed by atoms with Gasteiger partial charge in [0.25, 0.3) is 0 Å². The molecule has 0 aromatic rings. The molecule has 0 N–H and O–H groups in total. The zero-order chi connectivity index (χ0) is 11.9. The minimum Gasteiger partial charge on any atom is -0.309 e. The molecule has 94 valence electrons. The van der Waals surface area contributed by atoms with E-state index in [1.54, 1.807) is 6.92 Å². The summed E-state index contributed by atoms with van der Waals surface area (Å²) in [5.74, 6) is -2.06. The lowest BCUT2D eigenvalue weighted by Gasteiger charge is -2.30. The average Bonchev–Trinajstić information content (AvgIpc) is 2.39. The van der Waals surface area contributed by atoms with Crippen LogP contribution < -0.4 is 0 Å². The first-order chi connectivity index (χ1) is 7.37.